The Morgan fingerprint density at radius 1 is 1.17 bits per heavy atom. The average Bonchev–Trinajstić information content (AvgIpc) is 2.67. The van der Waals surface area contributed by atoms with Crippen LogP contribution in [0.3, 0.4) is 0 Å². The molecular formula is C23H39N5O2. The van der Waals surface area contributed by atoms with Crippen LogP contribution in [0, 0.1) is 5.92 Å². The lowest BCUT2D eigenvalue weighted by Gasteiger charge is -2.28. The molecule has 1 aliphatic rings. The zero-order valence-electron chi connectivity index (χ0n) is 19.3. The van der Waals surface area contributed by atoms with Gasteiger partial charge in [0.1, 0.15) is 5.60 Å². The van der Waals surface area contributed by atoms with Gasteiger partial charge in [0.25, 0.3) is 0 Å². The van der Waals surface area contributed by atoms with E-state index in [1.54, 1.807) is 0 Å². The summed E-state index contributed by atoms with van der Waals surface area (Å²) in [4.78, 5) is 19.0. The molecule has 1 saturated heterocycles. The molecule has 0 unspecified atom stereocenters. The number of anilines is 1. The van der Waals surface area contributed by atoms with Crippen molar-refractivity contribution in [3.63, 3.8) is 0 Å². The van der Waals surface area contributed by atoms with Crippen molar-refractivity contribution in [2.75, 3.05) is 45.1 Å². The van der Waals surface area contributed by atoms with Gasteiger partial charge in [0.05, 0.1) is 0 Å². The van der Waals surface area contributed by atoms with E-state index >= 15 is 0 Å². The van der Waals surface area contributed by atoms with Gasteiger partial charge in [-0.1, -0.05) is 12.1 Å². The van der Waals surface area contributed by atoms with E-state index in [1.165, 1.54) is 31.5 Å². The van der Waals surface area contributed by atoms with Crippen molar-refractivity contribution < 1.29 is 9.53 Å². The van der Waals surface area contributed by atoms with Crippen LogP contribution in [-0.2, 0) is 11.2 Å². The largest absolute Gasteiger partial charge is 0.444 e. The fourth-order valence-corrected chi connectivity index (χ4v) is 3.31. The third-order valence-electron chi connectivity index (χ3n) is 5.00. The van der Waals surface area contributed by atoms with Crippen LogP contribution in [0.1, 0.15) is 46.1 Å². The van der Waals surface area contributed by atoms with Crippen LogP contribution in [0.2, 0.25) is 0 Å². The van der Waals surface area contributed by atoms with Crippen LogP contribution in [0.25, 0.3) is 0 Å². The first-order valence-electron chi connectivity index (χ1n) is 11.0. The van der Waals surface area contributed by atoms with E-state index < -0.39 is 11.7 Å². The molecule has 0 aliphatic carbocycles. The molecule has 0 bridgehead atoms. The number of amides is 1. The maximum atomic E-state index is 11.8. The zero-order valence-corrected chi connectivity index (χ0v) is 19.3. The van der Waals surface area contributed by atoms with Crippen LogP contribution in [0.4, 0.5) is 10.5 Å². The summed E-state index contributed by atoms with van der Waals surface area (Å²) in [5.74, 6) is 1.57. The summed E-state index contributed by atoms with van der Waals surface area (Å²) in [5.41, 5.74) is 1.42. The first-order chi connectivity index (χ1) is 14.2. The maximum Gasteiger partial charge on any atom is 0.412 e. The number of guanidine groups is 1. The highest BCUT2D eigenvalue weighted by Gasteiger charge is 2.17. The van der Waals surface area contributed by atoms with E-state index in [4.69, 9.17) is 9.73 Å². The van der Waals surface area contributed by atoms with Gasteiger partial charge in [-0.2, -0.15) is 0 Å². The maximum absolute atomic E-state index is 11.8. The number of aliphatic imine (C=N–C) groups is 1. The molecule has 168 valence electrons. The third-order valence-corrected chi connectivity index (χ3v) is 5.00. The molecule has 3 N–H and O–H groups in total. The second-order valence-corrected chi connectivity index (χ2v) is 8.97. The number of carbonyl (C=O) groups is 1. The van der Waals surface area contributed by atoms with Crippen molar-refractivity contribution >= 4 is 17.7 Å². The summed E-state index contributed by atoms with van der Waals surface area (Å²) < 4.78 is 5.28. The minimum Gasteiger partial charge on any atom is -0.444 e. The Balaban J connectivity index is 1.76. The highest BCUT2D eigenvalue weighted by Crippen LogP contribution is 2.16. The highest BCUT2D eigenvalue weighted by molar-refractivity contribution is 5.84. The summed E-state index contributed by atoms with van der Waals surface area (Å²) in [7, 11) is 2.19. The molecule has 0 radical (unpaired) electrons. The molecule has 7 heteroatoms. The summed E-state index contributed by atoms with van der Waals surface area (Å²) in [5, 5.41) is 9.52. The van der Waals surface area contributed by atoms with Crippen molar-refractivity contribution in [2.24, 2.45) is 10.9 Å². The van der Waals surface area contributed by atoms with E-state index in [-0.39, 0.29) is 0 Å². The Kier molecular flexibility index (Phi) is 9.43. The van der Waals surface area contributed by atoms with Gasteiger partial charge in [-0.05, 0) is 90.7 Å². The summed E-state index contributed by atoms with van der Waals surface area (Å²) in [6.07, 6.45) is 2.89. The summed E-state index contributed by atoms with van der Waals surface area (Å²) in [6, 6.07) is 7.85. The van der Waals surface area contributed by atoms with Crippen LogP contribution in [-0.4, -0.2) is 62.3 Å². The molecule has 0 spiro atoms. The van der Waals surface area contributed by atoms with E-state index in [9.17, 15) is 4.79 Å². The van der Waals surface area contributed by atoms with Crippen LogP contribution < -0.4 is 16.0 Å². The standard InChI is InChI=1S/C23H39N5O2/c1-6-24-21(26-17-19-12-15-28(5)16-13-19)25-14-11-18-7-9-20(10-8-18)27-22(29)30-23(2,3)4/h7-10,19H,6,11-17H2,1-5H3,(H,27,29)(H2,24,25,26). The molecule has 1 heterocycles. The van der Waals surface area contributed by atoms with Gasteiger partial charge in [-0.3, -0.25) is 10.3 Å². The lowest BCUT2D eigenvalue weighted by Crippen LogP contribution is -2.39. The molecule has 0 saturated carbocycles. The minimum absolute atomic E-state index is 0.437. The van der Waals surface area contributed by atoms with Gasteiger partial charge in [0.15, 0.2) is 5.96 Å². The number of benzene rings is 1. The molecule has 7 nitrogen and oxygen atoms in total. The van der Waals surface area contributed by atoms with Gasteiger partial charge in [0.2, 0.25) is 0 Å². The zero-order chi connectivity index (χ0) is 22.0. The lowest BCUT2D eigenvalue weighted by molar-refractivity contribution is 0.0636. The van der Waals surface area contributed by atoms with Gasteiger partial charge in [0, 0.05) is 25.3 Å². The first kappa shape index (κ1) is 24.0. The van der Waals surface area contributed by atoms with Crippen molar-refractivity contribution in [1.29, 1.82) is 0 Å². The highest BCUT2D eigenvalue weighted by atomic mass is 16.6. The van der Waals surface area contributed by atoms with Crippen LogP contribution in [0.5, 0.6) is 0 Å². The molecule has 0 atom stereocenters. The Bertz CT molecular complexity index is 674. The molecule has 1 aliphatic heterocycles. The van der Waals surface area contributed by atoms with Crippen LogP contribution >= 0.6 is 0 Å². The van der Waals surface area contributed by atoms with Gasteiger partial charge in [-0.25, -0.2) is 4.79 Å². The predicted molar refractivity (Wildman–Crippen MR) is 124 cm³/mol. The molecule has 1 aromatic rings. The number of nitrogens with one attached hydrogen (secondary N) is 3. The van der Waals surface area contributed by atoms with Gasteiger partial charge < -0.3 is 20.3 Å². The average molecular weight is 418 g/mol. The Labute approximate surface area is 181 Å². The molecule has 30 heavy (non-hydrogen) atoms. The Morgan fingerprint density at radius 3 is 2.43 bits per heavy atom. The molecule has 0 aromatic heterocycles. The van der Waals surface area contributed by atoms with Crippen LogP contribution in [0.15, 0.2) is 29.3 Å². The number of likely N-dealkylation sites (tertiary alicyclic amines) is 1. The first-order valence-corrected chi connectivity index (χ1v) is 11.0. The normalized spacial score (nSPS) is 16.2. The number of hydrogen-bond acceptors (Lipinski definition) is 4. The number of hydrogen-bond donors (Lipinski definition) is 3. The number of nitrogens with zero attached hydrogens (tertiary/aromatic N) is 2. The fraction of sp³-hybridized carbons (Fsp3) is 0.652. The summed E-state index contributed by atoms with van der Waals surface area (Å²) >= 11 is 0. The van der Waals surface area contributed by atoms with E-state index in [2.05, 4.69) is 34.8 Å². The molecule has 1 aromatic carbocycles. The predicted octanol–water partition coefficient (Wildman–Crippen LogP) is 3.47. The van der Waals surface area contributed by atoms with Crippen molar-refractivity contribution in [3.8, 4) is 0 Å². The second-order valence-electron chi connectivity index (χ2n) is 8.97. The number of rotatable bonds is 7. The van der Waals surface area contributed by atoms with Crippen molar-refractivity contribution in [3.05, 3.63) is 29.8 Å². The minimum atomic E-state index is -0.505. The molecule has 1 amide bonds. The number of carbonyl (C=O) groups excluding carboxylic acids is 1. The quantitative estimate of drug-likeness (QED) is 0.468. The topological polar surface area (TPSA) is 78.0 Å². The van der Waals surface area contributed by atoms with Gasteiger partial charge >= 0.3 is 6.09 Å². The van der Waals surface area contributed by atoms with E-state index in [0.29, 0.717) is 5.92 Å². The SMILES string of the molecule is CCNC(=NCC1CCN(C)CC1)NCCc1ccc(NC(=O)OC(C)(C)C)cc1. The molecule has 1 fully saturated rings. The second kappa shape index (κ2) is 11.8. The smallest absolute Gasteiger partial charge is 0.412 e. The van der Waals surface area contributed by atoms with Crippen molar-refractivity contribution in [1.82, 2.24) is 15.5 Å². The van der Waals surface area contributed by atoms with Gasteiger partial charge in [-0.15, -0.1) is 0 Å². The Hall–Kier alpha value is -2.28. The third kappa shape index (κ3) is 9.48. The Morgan fingerprint density at radius 2 is 1.83 bits per heavy atom. The number of ether oxygens (including phenoxy) is 1. The summed E-state index contributed by atoms with van der Waals surface area (Å²) in [6.45, 7) is 12.5. The van der Waals surface area contributed by atoms with E-state index in [0.717, 1.165) is 37.7 Å². The molecular weight excluding hydrogens is 378 g/mol. The monoisotopic (exact) mass is 417 g/mol. The number of piperidine rings is 1. The molecule has 2 rings (SSSR count). The van der Waals surface area contributed by atoms with E-state index in [1.807, 2.05) is 45.0 Å². The van der Waals surface area contributed by atoms with Crippen molar-refractivity contribution in [2.45, 2.75) is 52.6 Å². The fourth-order valence-electron chi connectivity index (χ4n) is 3.31. The lowest BCUT2D eigenvalue weighted by atomic mass is 9.97.